The van der Waals surface area contributed by atoms with E-state index < -0.39 is 5.54 Å². The lowest BCUT2D eigenvalue weighted by molar-refractivity contribution is 0.212. The molecule has 0 saturated carbocycles. The first-order chi connectivity index (χ1) is 9.64. The van der Waals surface area contributed by atoms with Crippen LogP contribution >= 0.6 is 11.6 Å². The lowest BCUT2D eigenvalue weighted by atomic mass is 9.92. The average molecular weight is 292 g/mol. The van der Waals surface area contributed by atoms with E-state index in [0.717, 1.165) is 11.3 Å². The quantitative estimate of drug-likeness (QED) is 0.903. The molecule has 2 aromatic rings. The van der Waals surface area contributed by atoms with Crippen LogP contribution in [0, 0.1) is 5.82 Å². The van der Waals surface area contributed by atoms with Crippen molar-refractivity contribution in [3.05, 3.63) is 64.4 Å². The van der Waals surface area contributed by atoms with Crippen LogP contribution in [0.1, 0.15) is 17.5 Å². The van der Waals surface area contributed by atoms with Gasteiger partial charge in [0.1, 0.15) is 5.82 Å². The van der Waals surface area contributed by atoms with Crippen LogP contribution in [0.4, 0.5) is 10.1 Å². The van der Waals surface area contributed by atoms with E-state index in [1.165, 1.54) is 6.07 Å². The molecule has 1 aliphatic rings. The molecule has 2 aromatic carbocycles. The number of rotatable bonds is 3. The normalized spacial score (nSPS) is 20.8. The Morgan fingerprint density at radius 1 is 1.20 bits per heavy atom. The topological polar surface area (TPSA) is 32.3 Å². The first-order valence-electron chi connectivity index (χ1n) is 6.57. The minimum atomic E-state index is -0.620. The van der Waals surface area contributed by atoms with Crippen molar-refractivity contribution in [3.63, 3.8) is 0 Å². The van der Waals surface area contributed by atoms with Crippen LogP contribution < -0.4 is 5.32 Å². The predicted octanol–water partition coefficient (Wildman–Crippen LogP) is 3.73. The third-order valence-electron chi connectivity index (χ3n) is 3.93. The van der Waals surface area contributed by atoms with E-state index in [0.29, 0.717) is 23.4 Å². The molecule has 0 saturated heterocycles. The molecule has 0 bridgehead atoms. The fourth-order valence-electron chi connectivity index (χ4n) is 2.88. The van der Waals surface area contributed by atoms with Crippen molar-refractivity contribution in [1.82, 2.24) is 0 Å². The molecule has 0 aromatic heterocycles. The molecule has 2 nitrogen and oxygen atoms in total. The highest BCUT2D eigenvalue weighted by atomic mass is 35.5. The summed E-state index contributed by atoms with van der Waals surface area (Å²) >= 11 is 5.87. The molecule has 4 heteroatoms. The van der Waals surface area contributed by atoms with Crippen molar-refractivity contribution in [2.45, 2.75) is 18.4 Å². The maximum absolute atomic E-state index is 13.8. The third-order valence-corrected chi connectivity index (χ3v) is 4.19. The van der Waals surface area contributed by atoms with Gasteiger partial charge in [0.2, 0.25) is 0 Å². The molecule has 0 fully saturated rings. The van der Waals surface area contributed by atoms with Crippen LogP contribution in [-0.2, 0) is 12.0 Å². The van der Waals surface area contributed by atoms with Gasteiger partial charge in [0.15, 0.2) is 0 Å². The molecule has 3 rings (SSSR count). The number of aliphatic hydroxyl groups is 1. The Balaban J connectivity index is 1.98. The Labute approximate surface area is 122 Å². The van der Waals surface area contributed by atoms with Gasteiger partial charge in [0.25, 0.3) is 0 Å². The van der Waals surface area contributed by atoms with Gasteiger partial charge in [-0.05, 0) is 54.3 Å². The van der Waals surface area contributed by atoms with E-state index in [2.05, 4.69) is 5.32 Å². The molecule has 1 aliphatic carbocycles. The molecule has 0 amide bonds. The summed E-state index contributed by atoms with van der Waals surface area (Å²) in [6.45, 7) is -0.0773. The van der Waals surface area contributed by atoms with Crippen molar-refractivity contribution in [1.29, 1.82) is 0 Å². The molecule has 104 valence electrons. The monoisotopic (exact) mass is 291 g/mol. The second-order valence-corrected chi connectivity index (χ2v) is 5.57. The molecular weight excluding hydrogens is 277 g/mol. The summed E-state index contributed by atoms with van der Waals surface area (Å²) in [5.41, 5.74) is 1.78. The largest absolute Gasteiger partial charge is 0.394 e. The van der Waals surface area contributed by atoms with Gasteiger partial charge in [0.05, 0.1) is 12.1 Å². The van der Waals surface area contributed by atoms with E-state index in [9.17, 15) is 9.50 Å². The number of nitrogens with one attached hydrogen (secondary N) is 1. The Morgan fingerprint density at radius 3 is 2.65 bits per heavy atom. The summed E-state index contributed by atoms with van der Waals surface area (Å²) in [5.74, 6) is -0.198. The Hall–Kier alpha value is -1.58. The fourth-order valence-corrected chi connectivity index (χ4v) is 3.00. The molecular formula is C16H15ClFNO. The number of anilines is 1. The van der Waals surface area contributed by atoms with E-state index >= 15 is 0 Å². The van der Waals surface area contributed by atoms with Crippen LogP contribution in [-0.4, -0.2) is 11.7 Å². The summed E-state index contributed by atoms with van der Waals surface area (Å²) in [7, 11) is 0. The number of fused-ring (bicyclic) bond motifs is 1. The highest BCUT2D eigenvalue weighted by molar-refractivity contribution is 6.30. The first-order valence-corrected chi connectivity index (χ1v) is 6.95. The van der Waals surface area contributed by atoms with Gasteiger partial charge in [-0.1, -0.05) is 23.7 Å². The summed E-state index contributed by atoms with van der Waals surface area (Å²) < 4.78 is 13.8. The van der Waals surface area contributed by atoms with Crippen molar-refractivity contribution in [3.8, 4) is 0 Å². The molecule has 2 N–H and O–H groups in total. The lowest BCUT2D eigenvalue weighted by Gasteiger charge is -2.31. The molecule has 1 atom stereocenters. The maximum Gasteiger partial charge on any atom is 0.126 e. The lowest BCUT2D eigenvalue weighted by Crippen LogP contribution is -2.36. The summed E-state index contributed by atoms with van der Waals surface area (Å²) in [6.07, 6.45) is 1.30. The maximum atomic E-state index is 13.8. The minimum absolute atomic E-state index is 0.0773. The van der Waals surface area contributed by atoms with Crippen LogP contribution in [0.15, 0.2) is 42.5 Å². The van der Waals surface area contributed by atoms with Gasteiger partial charge >= 0.3 is 0 Å². The number of benzene rings is 2. The van der Waals surface area contributed by atoms with E-state index in [1.54, 1.807) is 18.2 Å². The molecule has 20 heavy (non-hydrogen) atoms. The zero-order chi connectivity index (χ0) is 14.2. The number of hydrogen-bond donors (Lipinski definition) is 2. The molecule has 0 radical (unpaired) electrons. The van der Waals surface area contributed by atoms with Crippen LogP contribution in [0.5, 0.6) is 0 Å². The summed E-state index contributed by atoms with van der Waals surface area (Å²) in [5, 5.41) is 13.9. The Kier molecular flexibility index (Phi) is 3.40. The number of hydrogen-bond acceptors (Lipinski definition) is 2. The van der Waals surface area contributed by atoms with Gasteiger partial charge in [-0.2, -0.15) is 0 Å². The van der Waals surface area contributed by atoms with Crippen LogP contribution in [0.3, 0.4) is 0 Å². The number of halogens is 2. The molecule has 1 unspecified atom stereocenters. The van der Waals surface area contributed by atoms with Gasteiger partial charge < -0.3 is 10.4 Å². The minimum Gasteiger partial charge on any atom is -0.394 e. The number of aliphatic hydroxyl groups excluding tert-OH is 1. The first kappa shape index (κ1) is 13.4. The fraction of sp³-hybridized carbons (Fsp3) is 0.250. The van der Waals surface area contributed by atoms with Gasteiger partial charge in [-0.3, -0.25) is 0 Å². The van der Waals surface area contributed by atoms with Gasteiger partial charge in [-0.15, -0.1) is 0 Å². The second-order valence-electron chi connectivity index (χ2n) is 5.14. The van der Waals surface area contributed by atoms with E-state index in [4.69, 9.17) is 11.6 Å². The van der Waals surface area contributed by atoms with Crippen molar-refractivity contribution in [2.24, 2.45) is 0 Å². The van der Waals surface area contributed by atoms with Crippen LogP contribution in [0.2, 0.25) is 5.02 Å². The Morgan fingerprint density at radius 2 is 1.95 bits per heavy atom. The zero-order valence-electron chi connectivity index (χ0n) is 10.9. The summed E-state index contributed by atoms with van der Waals surface area (Å²) in [4.78, 5) is 0. The van der Waals surface area contributed by atoms with Crippen LogP contribution in [0.25, 0.3) is 0 Å². The highest BCUT2D eigenvalue weighted by Gasteiger charge is 2.39. The van der Waals surface area contributed by atoms with Crippen molar-refractivity contribution >= 4 is 17.3 Å². The standard InChI is InChI=1S/C16H15ClFNO/c17-11-4-6-12(7-5-11)19-16(10-20)9-8-13-14(16)2-1-3-15(13)18/h1-7,19-20H,8-10H2. The van der Waals surface area contributed by atoms with Gasteiger partial charge in [0, 0.05) is 10.7 Å². The highest BCUT2D eigenvalue weighted by Crippen LogP contribution is 2.40. The zero-order valence-corrected chi connectivity index (χ0v) is 11.6. The third kappa shape index (κ3) is 2.17. The van der Waals surface area contributed by atoms with Crippen molar-refractivity contribution in [2.75, 3.05) is 11.9 Å². The predicted molar refractivity (Wildman–Crippen MR) is 78.6 cm³/mol. The van der Waals surface area contributed by atoms with Gasteiger partial charge in [-0.25, -0.2) is 4.39 Å². The Bertz CT molecular complexity index is 629. The average Bonchev–Trinajstić information content (AvgIpc) is 2.83. The smallest absolute Gasteiger partial charge is 0.126 e. The van der Waals surface area contributed by atoms with E-state index in [1.807, 2.05) is 18.2 Å². The molecule has 0 spiro atoms. The second kappa shape index (κ2) is 5.08. The molecule has 0 heterocycles. The SMILES string of the molecule is OCC1(Nc2ccc(Cl)cc2)CCc2c(F)cccc21. The summed E-state index contributed by atoms with van der Waals surface area (Å²) in [6, 6.07) is 12.3. The van der Waals surface area contributed by atoms with E-state index in [-0.39, 0.29) is 12.4 Å². The molecule has 0 aliphatic heterocycles. The van der Waals surface area contributed by atoms with Crippen molar-refractivity contribution < 1.29 is 9.50 Å².